The van der Waals surface area contributed by atoms with Crippen LogP contribution in [0.3, 0.4) is 0 Å². The molecular formula is C17H15NO6. The molecule has 2 saturated heterocycles. The summed E-state index contributed by atoms with van der Waals surface area (Å²) in [4.78, 5) is 35.5. The number of rotatable bonds is 4. The first-order valence-electron chi connectivity index (χ1n) is 7.66. The number of benzene rings is 1. The highest BCUT2D eigenvalue weighted by Gasteiger charge is 2.67. The van der Waals surface area contributed by atoms with Crippen molar-refractivity contribution in [2.24, 2.45) is 11.8 Å². The molecule has 7 nitrogen and oxygen atoms in total. The summed E-state index contributed by atoms with van der Waals surface area (Å²) < 4.78 is 15.6. The smallest absolute Gasteiger partial charge is 0.407 e. The zero-order valence-electron chi connectivity index (χ0n) is 12.6. The number of carbonyl (C=O) groups excluding carboxylic acids is 3. The Morgan fingerprint density at radius 1 is 1.21 bits per heavy atom. The van der Waals surface area contributed by atoms with Gasteiger partial charge in [0, 0.05) is 0 Å². The van der Waals surface area contributed by atoms with Gasteiger partial charge < -0.3 is 19.5 Å². The van der Waals surface area contributed by atoms with E-state index in [1.165, 1.54) is 0 Å². The minimum atomic E-state index is -1.04. The number of hydrogen-bond donors (Lipinski definition) is 1. The van der Waals surface area contributed by atoms with Gasteiger partial charge in [-0.2, -0.15) is 0 Å². The summed E-state index contributed by atoms with van der Waals surface area (Å²) in [5.74, 6) is -2.50. The van der Waals surface area contributed by atoms with Gasteiger partial charge in [-0.3, -0.25) is 9.59 Å². The summed E-state index contributed by atoms with van der Waals surface area (Å²) in [6.07, 6.45) is 2.36. The van der Waals surface area contributed by atoms with Crippen molar-refractivity contribution in [1.82, 2.24) is 5.32 Å². The Bertz CT molecular complexity index is 730. The molecule has 0 aromatic heterocycles. The van der Waals surface area contributed by atoms with Gasteiger partial charge >= 0.3 is 18.0 Å². The molecule has 4 rings (SSSR count). The van der Waals surface area contributed by atoms with Crippen LogP contribution >= 0.6 is 0 Å². The Morgan fingerprint density at radius 3 is 2.79 bits per heavy atom. The first kappa shape index (κ1) is 14.9. The molecular weight excluding hydrogens is 314 g/mol. The van der Waals surface area contributed by atoms with E-state index in [-0.39, 0.29) is 13.2 Å². The van der Waals surface area contributed by atoms with Crippen molar-refractivity contribution in [3.05, 3.63) is 48.0 Å². The van der Waals surface area contributed by atoms with Gasteiger partial charge in [-0.25, -0.2) is 4.79 Å². The van der Waals surface area contributed by atoms with Gasteiger partial charge in [-0.15, -0.1) is 0 Å². The van der Waals surface area contributed by atoms with E-state index in [1.807, 2.05) is 30.3 Å². The molecule has 1 amide bonds. The topological polar surface area (TPSA) is 90.9 Å². The first-order valence-corrected chi connectivity index (χ1v) is 7.66. The minimum absolute atomic E-state index is 0.0389. The van der Waals surface area contributed by atoms with Crippen LogP contribution in [0.5, 0.6) is 0 Å². The molecule has 3 aliphatic rings. The standard InChI is InChI=1S/C17H15NO6/c19-14-12-11-6-7-17(24-11,13(12)15(20)23-14)9-18-16(21)22-8-10-4-2-1-3-5-10/h1-7,11-13H,8-9H2,(H,18,21)/t11-,12-,13+,17-/m0/s1. The summed E-state index contributed by atoms with van der Waals surface area (Å²) in [5, 5.41) is 2.60. The number of nitrogens with one attached hydrogen (secondary N) is 1. The molecule has 124 valence electrons. The second-order valence-electron chi connectivity index (χ2n) is 6.06. The Hall–Kier alpha value is -2.67. The fourth-order valence-corrected chi connectivity index (χ4v) is 3.50. The predicted octanol–water partition coefficient (Wildman–Crippen LogP) is 0.936. The number of fused-ring (bicyclic) bond motifs is 5. The second-order valence-corrected chi connectivity index (χ2v) is 6.06. The molecule has 0 aliphatic carbocycles. The van der Waals surface area contributed by atoms with E-state index in [4.69, 9.17) is 14.2 Å². The predicted molar refractivity (Wildman–Crippen MR) is 79.5 cm³/mol. The molecule has 1 aromatic carbocycles. The Morgan fingerprint density at radius 2 is 2.00 bits per heavy atom. The fraction of sp³-hybridized carbons (Fsp3) is 0.353. The highest BCUT2D eigenvalue weighted by atomic mass is 16.6. The maximum Gasteiger partial charge on any atom is 0.407 e. The SMILES string of the molecule is O=C(NC[C@]12C=C[C@H](O1)[C@@H]1C(=O)OC(=O)[C@@H]12)OCc1ccccc1. The van der Waals surface area contributed by atoms with Crippen LogP contribution in [0.4, 0.5) is 4.79 Å². The maximum absolute atomic E-state index is 11.9. The monoisotopic (exact) mass is 329 g/mol. The van der Waals surface area contributed by atoms with E-state index in [0.717, 1.165) is 5.56 Å². The summed E-state index contributed by atoms with van der Waals surface area (Å²) in [7, 11) is 0. The summed E-state index contributed by atoms with van der Waals surface area (Å²) in [6.45, 7) is 0.183. The first-order chi connectivity index (χ1) is 11.6. The van der Waals surface area contributed by atoms with Crippen LogP contribution in [0.25, 0.3) is 0 Å². The lowest BCUT2D eigenvalue weighted by molar-refractivity contribution is -0.158. The van der Waals surface area contributed by atoms with Crippen LogP contribution in [0.15, 0.2) is 42.5 Å². The number of cyclic esters (lactones) is 2. The Kier molecular flexibility index (Phi) is 3.38. The van der Waals surface area contributed by atoms with Crippen molar-refractivity contribution < 1.29 is 28.6 Å². The van der Waals surface area contributed by atoms with Crippen molar-refractivity contribution in [2.75, 3.05) is 6.54 Å². The van der Waals surface area contributed by atoms with Crippen molar-refractivity contribution in [2.45, 2.75) is 18.3 Å². The molecule has 4 atom stereocenters. The number of amides is 1. The van der Waals surface area contributed by atoms with Gasteiger partial charge in [0.25, 0.3) is 0 Å². The van der Waals surface area contributed by atoms with Gasteiger partial charge in [0.1, 0.15) is 24.0 Å². The number of hydrogen-bond acceptors (Lipinski definition) is 6. The summed E-state index contributed by atoms with van der Waals surface area (Å²) in [5.41, 5.74) is -0.168. The molecule has 0 unspecified atom stereocenters. The molecule has 1 aromatic rings. The third-order valence-corrected chi connectivity index (χ3v) is 4.61. The fourth-order valence-electron chi connectivity index (χ4n) is 3.50. The van der Waals surface area contributed by atoms with E-state index in [1.54, 1.807) is 12.2 Å². The molecule has 3 heterocycles. The van der Waals surface area contributed by atoms with E-state index < -0.39 is 41.6 Å². The molecule has 0 spiro atoms. The quantitative estimate of drug-likeness (QED) is 0.502. The van der Waals surface area contributed by atoms with Gasteiger partial charge in [0.05, 0.1) is 12.6 Å². The lowest BCUT2D eigenvalue weighted by Gasteiger charge is -2.27. The van der Waals surface area contributed by atoms with Crippen molar-refractivity contribution >= 4 is 18.0 Å². The molecule has 3 aliphatic heterocycles. The van der Waals surface area contributed by atoms with Crippen LogP contribution in [-0.2, 0) is 30.4 Å². The van der Waals surface area contributed by atoms with Gasteiger partial charge in [-0.05, 0) is 5.56 Å². The third-order valence-electron chi connectivity index (χ3n) is 4.61. The third kappa shape index (κ3) is 2.28. The van der Waals surface area contributed by atoms with E-state index in [0.29, 0.717) is 0 Å². The van der Waals surface area contributed by atoms with Crippen molar-refractivity contribution in [3.8, 4) is 0 Å². The van der Waals surface area contributed by atoms with Crippen molar-refractivity contribution in [1.29, 1.82) is 0 Å². The second kappa shape index (κ2) is 5.45. The normalized spacial score (nSPS) is 32.6. The molecule has 2 bridgehead atoms. The average Bonchev–Trinajstić information content (AvgIpc) is 3.24. The Balaban J connectivity index is 1.37. The zero-order chi connectivity index (χ0) is 16.7. The van der Waals surface area contributed by atoms with Crippen LogP contribution in [0.1, 0.15) is 5.56 Å². The number of esters is 2. The molecule has 7 heteroatoms. The lowest BCUT2D eigenvalue weighted by atomic mass is 9.77. The number of carbonyl (C=O) groups is 3. The molecule has 0 saturated carbocycles. The number of alkyl carbamates (subject to hydrolysis) is 1. The molecule has 0 radical (unpaired) electrons. The average molecular weight is 329 g/mol. The molecule has 1 N–H and O–H groups in total. The lowest BCUT2D eigenvalue weighted by Crippen LogP contribution is -2.47. The van der Waals surface area contributed by atoms with Gasteiger partial charge in [-0.1, -0.05) is 42.5 Å². The molecule has 2 fully saturated rings. The highest BCUT2D eigenvalue weighted by molar-refractivity contribution is 5.99. The van der Waals surface area contributed by atoms with Gasteiger partial charge in [0.15, 0.2) is 0 Å². The summed E-state index contributed by atoms with van der Waals surface area (Å²) >= 11 is 0. The van der Waals surface area contributed by atoms with Crippen LogP contribution in [-0.4, -0.2) is 36.3 Å². The van der Waals surface area contributed by atoms with E-state index in [2.05, 4.69) is 5.32 Å². The summed E-state index contributed by atoms with van der Waals surface area (Å²) in [6, 6.07) is 9.28. The molecule has 24 heavy (non-hydrogen) atoms. The maximum atomic E-state index is 11.9. The highest BCUT2D eigenvalue weighted by Crippen LogP contribution is 2.50. The van der Waals surface area contributed by atoms with E-state index >= 15 is 0 Å². The van der Waals surface area contributed by atoms with Crippen molar-refractivity contribution in [3.63, 3.8) is 0 Å². The van der Waals surface area contributed by atoms with Crippen LogP contribution in [0.2, 0.25) is 0 Å². The minimum Gasteiger partial charge on any atom is -0.445 e. The van der Waals surface area contributed by atoms with E-state index in [9.17, 15) is 14.4 Å². The zero-order valence-corrected chi connectivity index (χ0v) is 12.6. The van der Waals surface area contributed by atoms with Crippen LogP contribution < -0.4 is 5.32 Å². The number of ether oxygens (including phenoxy) is 3. The Labute approximate surface area is 137 Å². The van der Waals surface area contributed by atoms with Crippen LogP contribution in [0, 0.1) is 11.8 Å². The largest absolute Gasteiger partial charge is 0.445 e. The van der Waals surface area contributed by atoms with Gasteiger partial charge in [0.2, 0.25) is 0 Å².